The van der Waals surface area contributed by atoms with Crippen molar-refractivity contribution in [1.82, 2.24) is 10.3 Å². The van der Waals surface area contributed by atoms with Crippen LogP contribution in [0.3, 0.4) is 0 Å². The molecule has 1 aromatic heterocycles. The van der Waals surface area contributed by atoms with Gasteiger partial charge in [0.25, 0.3) is 15.9 Å². The zero-order valence-corrected chi connectivity index (χ0v) is 19.4. The van der Waals surface area contributed by atoms with Crippen LogP contribution in [-0.4, -0.2) is 33.0 Å². The van der Waals surface area contributed by atoms with Crippen LogP contribution in [0.15, 0.2) is 71.9 Å². The molecule has 3 rings (SSSR count). The van der Waals surface area contributed by atoms with Gasteiger partial charge in [-0.1, -0.05) is 19.4 Å². The number of unbranched alkanes of at least 4 members (excludes halogenated alkanes) is 1. The van der Waals surface area contributed by atoms with E-state index in [9.17, 15) is 13.2 Å². The summed E-state index contributed by atoms with van der Waals surface area (Å²) >= 11 is 0. The van der Waals surface area contributed by atoms with Gasteiger partial charge in [0.15, 0.2) is 11.5 Å². The molecule has 1 amide bonds. The molecule has 3 aromatic rings. The second kappa shape index (κ2) is 11.3. The molecule has 0 aliphatic heterocycles. The largest absolute Gasteiger partial charge is 0.493 e. The van der Waals surface area contributed by atoms with Crippen molar-refractivity contribution in [1.29, 1.82) is 0 Å². The van der Waals surface area contributed by atoms with Gasteiger partial charge in [0, 0.05) is 24.5 Å². The second-order valence-corrected chi connectivity index (χ2v) is 8.92. The summed E-state index contributed by atoms with van der Waals surface area (Å²) in [6.07, 6.45) is 4.99. The molecule has 0 saturated carbocycles. The van der Waals surface area contributed by atoms with Crippen LogP contribution in [-0.2, 0) is 16.6 Å². The van der Waals surface area contributed by atoms with E-state index in [2.05, 4.69) is 21.9 Å². The summed E-state index contributed by atoms with van der Waals surface area (Å²) in [5.74, 6) is 0.954. The molecule has 174 valence electrons. The number of hydrogen-bond acceptors (Lipinski definition) is 6. The molecule has 33 heavy (non-hydrogen) atoms. The molecule has 0 aliphatic rings. The van der Waals surface area contributed by atoms with Crippen molar-refractivity contribution in [2.45, 2.75) is 31.2 Å². The van der Waals surface area contributed by atoms with Crippen molar-refractivity contribution in [2.24, 2.45) is 0 Å². The Morgan fingerprint density at radius 2 is 1.73 bits per heavy atom. The lowest BCUT2D eigenvalue weighted by molar-refractivity contribution is 0.0950. The lowest BCUT2D eigenvalue weighted by Crippen LogP contribution is -2.23. The fraction of sp³-hybridized carbons (Fsp3) is 0.250. The number of methoxy groups -OCH3 is 1. The van der Waals surface area contributed by atoms with Crippen LogP contribution < -0.4 is 19.5 Å². The van der Waals surface area contributed by atoms with E-state index < -0.39 is 10.0 Å². The Hall–Kier alpha value is -3.59. The molecule has 0 saturated heterocycles. The Bertz CT molecular complexity index is 1170. The third-order valence-electron chi connectivity index (χ3n) is 4.80. The highest BCUT2D eigenvalue weighted by Crippen LogP contribution is 2.28. The first-order valence-electron chi connectivity index (χ1n) is 10.5. The Balaban J connectivity index is 1.60. The van der Waals surface area contributed by atoms with Crippen molar-refractivity contribution in [3.63, 3.8) is 0 Å². The molecule has 0 atom stereocenters. The molecule has 0 radical (unpaired) electrons. The van der Waals surface area contributed by atoms with Gasteiger partial charge in [-0.3, -0.25) is 14.5 Å². The Morgan fingerprint density at radius 3 is 2.39 bits per heavy atom. The van der Waals surface area contributed by atoms with E-state index in [4.69, 9.17) is 9.47 Å². The zero-order chi connectivity index (χ0) is 23.7. The molecule has 2 aromatic carbocycles. The quantitative estimate of drug-likeness (QED) is 0.411. The standard InChI is InChI=1S/C24H27N3O5S/c1-3-4-15-32-22-10-5-18(16-23(22)31-2)17-26-24(28)19-6-8-21(9-7-19)33(29,30)27-20-11-13-25-14-12-20/h5-14,16H,3-4,15,17H2,1-2H3,(H,25,27)(H,26,28). The highest BCUT2D eigenvalue weighted by molar-refractivity contribution is 7.92. The van der Waals surface area contributed by atoms with E-state index in [1.807, 2.05) is 18.2 Å². The topological polar surface area (TPSA) is 107 Å². The van der Waals surface area contributed by atoms with E-state index in [0.29, 0.717) is 29.4 Å². The summed E-state index contributed by atoms with van der Waals surface area (Å²) in [5.41, 5.74) is 1.61. The molecule has 0 bridgehead atoms. The SMILES string of the molecule is CCCCOc1ccc(CNC(=O)c2ccc(S(=O)(=O)Nc3ccncc3)cc2)cc1OC. The Kier molecular flexibility index (Phi) is 8.26. The minimum absolute atomic E-state index is 0.0549. The molecule has 9 heteroatoms. The average molecular weight is 470 g/mol. The molecule has 8 nitrogen and oxygen atoms in total. The minimum atomic E-state index is -3.77. The van der Waals surface area contributed by atoms with Crippen molar-refractivity contribution in [2.75, 3.05) is 18.4 Å². The Morgan fingerprint density at radius 1 is 1.00 bits per heavy atom. The predicted octanol–water partition coefficient (Wildman–Crippen LogP) is 4.00. The summed E-state index contributed by atoms with van der Waals surface area (Å²) < 4.78 is 38.6. The molecule has 0 spiro atoms. The molecule has 0 aliphatic carbocycles. The number of carbonyl (C=O) groups excluding carboxylic acids is 1. The lowest BCUT2D eigenvalue weighted by Gasteiger charge is -2.13. The summed E-state index contributed by atoms with van der Waals surface area (Å²) in [6.45, 7) is 3.00. The average Bonchev–Trinajstić information content (AvgIpc) is 2.83. The van der Waals surface area contributed by atoms with Crippen LogP contribution in [0.2, 0.25) is 0 Å². The highest BCUT2D eigenvalue weighted by Gasteiger charge is 2.15. The maximum atomic E-state index is 12.5. The van der Waals surface area contributed by atoms with E-state index in [1.165, 1.54) is 36.7 Å². The van der Waals surface area contributed by atoms with Crippen LogP contribution >= 0.6 is 0 Å². The number of nitrogens with zero attached hydrogens (tertiary/aromatic N) is 1. The number of anilines is 1. The summed E-state index contributed by atoms with van der Waals surface area (Å²) in [7, 11) is -2.19. The number of carbonyl (C=O) groups is 1. The van der Waals surface area contributed by atoms with E-state index in [0.717, 1.165) is 18.4 Å². The molecular formula is C24H27N3O5S. The number of pyridine rings is 1. The highest BCUT2D eigenvalue weighted by atomic mass is 32.2. The normalized spacial score (nSPS) is 11.0. The number of amides is 1. The number of aromatic nitrogens is 1. The Labute approximate surface area is 194 Å². The minimum Gasteiger partial charge on any atom is -0.493 e. The predicted molar refractivity (Wildman–Crippen MR) is 126 cm³/mol. The number of benzene rings is 2. The second-order valence-electron chi connectivity index (χ2n) is 7.24. The first kappa shape index (κ1) is 24.1. The number of rotatable bonds is 11. The van der Waals surface area contributed by atoms with Crippen molar-refractivity contribution < 1.29 is 22.7 Å². The van der Waals surface area contributed by atoms with E-state index >= 15 is 0 Å². The smallest absolute Gasteiger partial charge is 0.261 e. The van der Waals surface area contributed by atoms with Crippen molar-refractivity contribution >= 4 is 21.6 Å². The van der Waals surface area contributed by atoms with Gasteiger partial charge < -0.3 is 14.8 Å². The third kappa shape index (κ3) is 6.69. The zero-order valence-electron chi connectivity index (χ0n) is 18.6. The van der Waals surface area contributed by atoms with Crippen molar-refractivity contribution in [3.05, 3.63) is 78.1 Å². The van der Waals surface area contributed by atoms with Gasteiger partial charge >= 0.3 is 0 Å². The molecular weight excluding hydrogens is 442 g/mol. The first-order chi connectivity index (χ1) is 15.9. The number of sulfonamides is 1. The van der Waals surface area contributed by atoms with Gasteiger partial charge in [0.05, 0.1) is 24.3 Å². The summed E-state index contributed by atoms with van der Waals surface area (Å²) in [4.78, 5) is 16.4. The van der Waals surface area contributed by atoms with Gasteiger partial charge in [-0.25, -0.2) is 8.42 Å². The molecule has 0 unspecified atom stereocenters. The van der Waals surface area contributed by atoms with Crippen LogP contribution in [0.1, 0.15) is 35.7 Å². The fourth-order valence-electron chi connectivity index (χ4n) is 2.97. The van der Waals surface area contributed by atoms with Crippen molar-refractivity contribution in [3.8, 4) is 11.5 Å². The maximum absolute atomic E-state index is 12.5. The monoisotopic (exact) mass is 469 g/mol. The van der Waals surface area contributed by atoms with Crippen LogP contribution in [0.4, 0.5) is 5.69 Å². The van der Waals surface area contributed by atoms with Gasteiger partial charge in [-0.15, -0.1) is 0 Å². The molecule has 1 heterocycles. The van der Waals surface area contributed by atoms with E-state index in [-0.39, 0.29) is 17.3 Å². The molecule has 0 fully saturated rings. The maximum Gasteiger partial charge on any atom is 0.261 e. The number of ether oxygens (including phenoxy) is 2. The lowest BCUT2D eigenvalue weighted by atomic mass is 10.1. The first-order valence-corrected chi connectivity index (χ1v) is 12.0. The summed E-state index contributed by atoms with van der Waals surface area (Å²) in [6, 6.07) is 14.4. The van der Waals surface area contributed by atoms with Crippen LogP contribution in [0, 0.1) is 0 Å². The fourth-order valence-corrected chi connectivity index (χ4v) is 4.03. The summed E-state index contributed by atoms with van der Waals surface area (Å²) in [5, 5.41) is 2.83. The van der Waals surface area contributed by atoms with Crippen LogP contribution in [0.25, 0.3) is 0 Å². The molecule has 2 N–H and O–H groups in total. The van der Waals surface area contributed by atoms with Gasteiger partial charge in [0.2, 0.25) is 0 Å². The van der Waals surface area contributed by atoms with Gasteiger partial charge in [-0.05, 0) is 60.5 Å². The van der Waals surface area contributed by atoms with E-state index in [1.54, 1.807) is 19.2 Å². The van der Waals surface area contributed by atoms with Gasteiger partial charge in [0.1, 0.15) is 0 Å². The van der Waals surface area contributed by atoms with Crippen LogP contribution in [0.5, 0.6) is 11.5 Å². The van der Waals surface area contributed by atoms with Gasteiger partial charge in [-0.2, -0.15) is 0 Å². The number of nitrogens with one attached hydrogen (secondary N) is 2. The third-order valence-corrected chi connectivity index (χ3v) is 6.19. The number of hydrogen-bond donors (Lipinski definition) is 2.